The number of nitrogens with one attached hydrogen (secondary N) is 1. The number of carboxylic acid groups (broad SMARTS) is 1. The highest BCUT2D eigenvalue weighted by atomic mass is 16.4. The molecule has 20 heavy (non-hydrogen) atoms. The van der Waals surface area contributed by atoms with E-state index >= 15 is 0 Å². The maximum Gasteiger partial charge on any atom is 0.323 e. The van der Waals surface area contributed by atoms with Crippen LogP contribution in [-0.2, 0) is 9.59 Å². The van der Waals surface area contributed by atoms with Crippen LogP contribution in [0.2, 0.25) is 0 Å². The molecule has 0 aromatic rings. The molecule has 3 atom stereocenters. The van der Waals surface area contributed by atoms with Crippen molar-refractivity contribution in [1.29, 1.82) is 0 Å². The molecule has 2 bridgehead atoms. The van der Waals surface area contributed by atoms with Crippen LogP contribution < -0.4 is 5.32 Å². The second kappa shape index (κ2) is 6.57. The molecule has 2 aliphatic heterocycles. The normalized spacial score (nSPS) is 30.0. The van der Waals surface area contributed by atoms with Crippen LogP contribution in [0.1, 0.15) is 52.4 Å². The lowest BCUT2D eigenvalue weighted by Crippen LogP contribution is -2.44. The smallest absolute Gasteiger partial charge is 0.323 e. The summed E-state index contributed by atoms with van der Waals surface area (Å²) in [6, 6.07) is 1.14. The average molecular weight is 282 g/mol. The van der Waals surface area contributed by atoms with Crippen molar-refractivity contribution < 1.29 is 14.7 Å². The van der Waals surface area contributed by atoms with Gasteiger partial charge in [0.05, 0.1) is 0 Å². The third-order valence-electron chi connectivity index (χ3n) is 4.78. The number of carboxylic acids is 1. The van der Waals surface area contributed by atoms with Gasteiger partial charge in [0.15, 0.2) is 0 Å². The number of rotatable bonds is 6. The monoisotopic (exact) mass is 282 g/mol. The van der Waals surface area contributed by atoms with Gasteiger partial charge in [0, 0.05) is 24.5 Å². The van der Waals surface area contributed by atoms with Crippen molar-refractivity contribution in [3.63, 3.8) is 0 Å². The molecule has 2 heterocycles. The van der Waals surface area contributed by atoms with Gasteiger partial charge in [-0.2, -0.15) is 0 Å². The molecule has 5 heteroatoms. The lowest BCUT2D eigenvalue weighted by Gasteiger charge is -2.32. The lowest BCUT2D eigenvalue weighted by atomic mass is 9.89. The number of hydrogen-bond acceptors (Lipinski definition) is 3. The Balaban J connectivity index is 1.92. The van der Waals surface area contributed by atoms with Gasteiger partial charge >= 0.3 is 5.97 Å². The van der Waals surface area contributed by atoms with E-state index in [1.165, 1.54) is 17.7 Å². The number of hydrogen-bond donors (Lipinski definition) is 2. The third-order valence-corrected chi connectivity index (χ3v) is 4.78. The van der Waals surface area contributed by atoms with E-state index in [4.69, 9.17) is 5.11 Å². The molecule has 3 unspecified atom stereocenters. The summed E-state index contributed by atoms with van der Waals surface area (Å²) in [7, 11) is 0. The minimum absolute atomic E-state index is 0.00274. The van der Waals surface area contributed by atoms with Gasteiger partial charge in [-0.3, -0.25) is 9.59 Å². The van der Waals surface area contributed by atoms with E-state index in [1.54, 1.807) is 0 Å². The van der Waals surface area contributed by atoms with Gasteiger partial charge in [-0.25, -0.2) is 0 Å². The Morgan fingerprint density at radius 3 is 2.40 bits per heavy atom. The van der Waals surface area contributed by atoms with Gasteiger partial charge in [-0.1, -0.05) is 6.92 Å². The molecule has 5 nitrogen and oxygen atoms in total. The Kier molecular flexibility index (Phi) is 5.02. The van der Waals surface area contributed by atoms with Crippen LogP contribution in [-0.4, -0.2) is 46.6 Å². The van der Waals surface area contributed by atoms with Crippen molar-refractivity contribution in [3.8, 4) is 0 Å². The molecule has 2 N–H and O–H groups in total. The van der Waals surface area contributed by atoms with E-state index < -0.39 is 5.97 Å². The summed E-state index contributed by atoms with van der Waals surface area (Å²) in [5.74, 6) is -0.501. The molecule has 2 fully saturated rings. The van der Waals surface area contributed by atoms with E-state index in [0.717, 1.165) is 19.3 Å². The number of nitrogens with zero attached hydrogens (tertiary/aromatic N) is 1. The Bertz CT molecular complexity index is 360. The van der Waals surface area contributed by atoms with E-state index in [0.29, 0.717) is 24.4 Å². The quantitative estimate of drug-likeness (QED) is 0.776. The molecule has 0 aliphatic carbocycles. The highest BCUT2D eigenvalue weighted by Gasteiger charge is 2.35. The standard InChI is InChI=1S/C15H26N2O3/c1-3-10(2)17(9-15(19)20)14(18)8-11-6-12-4-5-13(7-11)16-12/h10-13,16H,3-9H2,1-2H3,(H,19,20). The fraction of sp³-hybridized carbons (Fsp3) is 0.867. The molecule has 1 amide bonds. The van der Waals surface area contributed by atoms with E-state index in [2.05, 4.69) is 5.32 Å². The number of carbonyl (C=O) groups is 2. The zero-order valence-electron chi connectivity index (χ0n) is 12.5. The minimum atomic E-state index is -0.927. The molecule has 2 aliphatic rings. The summed E-state index contributed by atoms with van der Waals surface area (Å²) in [5, 5.41) is 12.5. The first-order valence-corrected chi connectivity index (χ1v) is 7.76. The molecular formula is C15H26N2O3. The number of carbonyl (C=O) groups excluding carboxylic acids is 1. The van der Waals surface area contributed by atoms with E-state index in [-0.39, 0.29) is 18.5 Å². The first-order chi connectivity index (χ1) is 9.49. The largest absolute Gasteiger partial charge is 0.480 e. The summed E-state index contributed by atoms with van der Waals surface area (Å²) in [5.41, 5.74) is 0. The Labute approximate surface area is 120 Å². The van der Waals surface area contributed by atoms with Crippen LogP contribution in [0.4, 0.5) is 0 Å². The minimum Gasteiger partial charge on any atom is -0.480 e. The van der Waals surface area contributed by atoms with Crippen molar-refractivity contribution in [1.82, 2.24) is 10.2 Å². The highest BCUT2D eigenvalue weighted by molar-refractivity contribution is 5.81. The van der Waals surface area contributed by atoms with Gasteiger partial charge < -0.3 is 15.3 Å². The first-order valence-electron chi connectivity index (χ1n) is 7.76. The fourth-order valence-electron chi connectivity index (χ4n) is 3.56. The van der Waals surface area contributed by atoms with Crippen LogP contribution in [0, 0.1) is 5.92 Å². The third kappa shape index (κ3) is 3.72. The molecule has 0 aromatic carbocycles. The second-order valence-corrected chi connectivity index (χ2v) is 6.35. The van der Waals surface area contributed by atoms with Crippen molar-refractivity contribution in [3.05, 3.63) is 0 Å². The van der Waals surface area contributed by atoms with Crippen LogP contribution in [0.15, 0.2) is 0 Å². The molecule has 0 aromatic heterocycles. The van der Waals surface area contributed by atoms with Gasteiger partial charge in [0.1, 0.15) is 6.54 Å². The van der Waals surface area contributed by atoms with Crippen LogP contribution in [0.5, 0.6) is 0 Å². The van der Waals surface area contributed by atoms with Gasteiger partial charge in [-0.15, -0.1) is 0 Å². The van der Waals surface area contributed by atoms with Crippen molar-refractivity contribution in [2.24, 2.45) is 5.92 Å². The first kappa shape index (κ1) is 15.3. The SMILES string of the molecule is CCC(C)N(CC(=O)O)C(=O)CC1CC2CCC(C1)N2. The van der Waals surface area contributed by atoms with Crippen LogP contribution in [0.25, 0.3) is 0 Å². The predicted octanol–water partition coefficient (Wildman–Crippen LogP) is 1.62. The summed E-state index contributed by atoms with van der Waals surface area (Å²) in [6.45, 7) is 3.73. The predicted molar refractivity (Wildman–Crippen MR) is 76.4 cm³/mol. The van der Waals surface area contributed by atoms with Crippen molar-refractivity contribution >= 4 is 11.9 Å². The average Bonchev–Trinajstić information content (AvgIpc) is 2.74. The van der Waals surface area contributed by atoms with Gasteiger partial charge in [0.2, 0.25) is 5.91 Å². The maximum atomic E-state index is 12.4. The van der Waals surface area contributed by atoms with Crippen molar-refractivity contribution in [2.75, 3.05) is 6.54 Å². The maximum absolute atomic E-state index is 12.4. The number of aliphatic carboxylic acids is 1. The molecule has 2 rings (SSSR count). The molecular weight excluding hydrogens is 256 g/mol. The lowest BCUT2D eigenvalue weighted by molar-refractivity contribution is -0.146. The summed E-state index contributed by atoms with van der Waals surface area (Å²) in [6.07, 6.45) is 5.86. The summed E-state index contributed by atoms with van der Waals surface area (Å²) in [4.78, 5) is 24.9. The molecule has 0 spiro atoms. The van der Waals surface area contributed by atoms with Gasteiger partial charge in [0.25, 0.3) is 0 Å². The Hall–Kier alpha value is -1.10. The molecule has 2 saturated heterocycles. The topological polar surface area (TPSA) is 69.6 Å². The van der Waals surface area contributed by atoms with Crippen molar-refractivity contribution in [2.45, 2.75) is 70.5 Å². The van der Waals surface area contributed by atoms with E-state index in [1.807, 2.05) is 13.8 Å². The zero-order valence-corrected chi connectivity index (χ0v) is 12.5. The van der Waals surface area contributed by atoms with E-state index in [9.17, 15) is 9.59 Å². The second-order valence-electron chi connectivity index (χ2n) is 6.35. The Morgan fingerprint density at radius 1 is 1.30 bits per heavy atom. The summed E-state index contributed by atoms with van der Waals surface area (Å²) >= 11 is 0. The van der Waals surface area contributed by atoms with Gasteiger partial charge in [-0.05, 0) is 44.9 Å². The highest BCUT2D eigenvalue weighted by Crippen LogP contribution is 2.33. The fourth-order valence-corrected chi connectivity index (χ4v) is 3.56. The van der Waals surface area contributed by atoms with Crippen LogP contribution >= 0.6 is 0 Å². The summed E-state index contributed by atoms with van der Waals surface area (Å²) < 4.78 is 0. The Morgan fingerprint density at radius 2 is 1.90 bits per heavy atom. The molecule has 0 saturated carbocycles. The zero-order chi connectivity index (χ0) is 14.7. The molecule has 114 valence electrons. The number of amides is 1. The number of piperidine rings is 1. The molecule has 0 radical (unpaired) electrons. The number of fused-ring (bicyclic) bond motifs is 2. The van der Waals surface area contributed by atoms with Crippen LogP contribution in [0.3, 0.4) is 0 Å².